The van der Waals surface area contributed by atoms with E-state index in [9.17, 15) is 10.4 Å². The first kappa shape index (κ1) is 7.80. The zero-order chi connectivity index (χ0) is 6.57. The summed E-state index contributed by atoms with van der Waals surface area (Å²) in [6.45, 7) is 3.50. The zero-order valence-electron chi connectivity index (χ0n) is 4.84. The van der Waals surface area contributed by atoms with Gasteiger partial charge in [0.25, 0.3) is 0 Å². The molecule has 0 aliphatic rings. The summed E-state index contributed by atoms with van der Waals surface area (Å²) in [7, 11) is 0. The van der Waals surface area contributed by atoms with Gasteiger partial charge in [-0.15, -0.1) is 0 Å². The van der Waals surface area contributed by atoms with Crippen LogP contribution >= 0.6 is 0 Å². The number of hydrogen-bond donors (Lipinski definition) is 2. The summed E-state index contributed by atoms with van der Waals surface area (Å²) in [6.07, 6.45) is 0. The molecule has 0 heterocycles. The molecule has 0 amide bonds. The lowest BCUT2D eigenvalue weighted by atomic mass is 10.4. The number of hydrogen-bond acceptors (Lipinski definition) is 5. The summed E-state index contributed by atoms with van der Waals surface area (Å²) in [6, 6.07) is -0.0195. The van der Waals surface area contributed by atoms with Gasteiger partial charge in [-0.2, -0.15) is 0 Å². The number of nitrogens with one attached hydrogen (secondary N) is 2. The van der Waals surface area contributed by atoms with Crippen molar-refractivity contribution in [3.8, 4) is 0 Å². The Morgan fingerprint density at radius 1 is 1.50 bits per heavy atom. The highest BCUT2D eigenvalue weighted by Crippen LogP contribution is 1.75. The molecule has 50 valence electrons. The van der Waals surface area contributed by atoms with Crippen molar-refractivity contribution >= 4 is 0 Å². The van der Waals surface area contributed by atoms with E-state index in [0.29, 0.717) is 0 Å². The Bertz CT molecular complexity index is 58.5. The summed E-state index contributed by atoms with van der Waals surface area (Å²) in [5.41, 5.74) is 3.36. The predicted octanol–water partition coefficient (Wildman–Crippen LogP) is -0.298. The minimum atomic E-state index is -0.0195. The van der Waals surface area contributed by atoms with Crippen LogP contribution in [-0.4, -0.2) is 11.3 Å². The van der Waals surface area contributed by atoms with Gasteiger partial charge in [0.05, 0.1) is 0 Å². The smallest absolute Gasteiger partial charge is 0.0161 e. The molecule has 5 nitrogen and oxygen atoms in total. The van der Waals surface area contributed by atoms with E-state index in [0.717, 1.165) is 5.59 Å². The standard InChI is InChI=1S/C3H9N3O2/c1-3(2)4-6(8)5-7/h3-5H,1-2H3/q-2. The van der Waals surface area contributed by atoms with Gasteiger partial charge >= 0.3 is 0 Å². The van der Waals surface area contributed by atoms with Gasteiger partial charge in [-0.3, -0.25) is 10.7 Å². The first-order chi connectivity index (χ1) is 3.66. The highest BCUT2D eigenvalue weighted by Gasteiger charge is 1.86. The predicted molar refractivity (Wildman–Crippen MR) is 30.0 cm³/mol. The van der Waals surface area contributed by atoms with Gasteiger partial charge in [-0.05, 0) is 13.8 Å². The second-order valence-corrected chi connectivity index (χ2v) is 1.67. The van der Waals surface area contributed by atoms with Crippen LogP contribution in [0.4, 0.5) is 0 Å². The van der Waals surface area contributed by atoms with Crippen molar-refractivity contribution < 1.29 is 0 Å². The van der Waals surface area contributed by atoms with Crippen molar-refractivity contribution in [1.82, 2.24) is 16.3 Å². The fourth-order valence-electron chi connectivity index (χ4n) is 0.261. The minimum absolute atomic E-state index is 0.0185. The van der Waals surface area contributed by atoms with Crippen molar-refractivity contribution in [3.63, 3.8) is 0 Å². The first-order valence-electron chi connectivity index (χ1n) is 2.28. The Hall–Kier alpha value is -0.200. The lowest BCUT2D eigenvalue weighted by molar-refractivity contribution is 0.197. The van der Waals surface area contributed by atoms with Crippen LogP contribution in [0.15, 0.2) is 0 Å². The summed E-state index contributed by atoms with van der Waals surface area (Å²) in [5, 5.41) is 19.5. The van der Waals surface area contributed by atoms with Crippen LogP contribution in [-0.2, 0) is 0 Å². The minimum Gasteiger partial charge on any atom is -0.774 e. The summed E-state index contributed by atoms with van der Waals surface area (Å²) < 4.78 is 0. The Morgan fingerprint density at radius 2 is 2.00 bits per heavy atom. The highest BCUT2D eigenvalue weighted by molar-refractivity contribution is 4.49. The molecule has 5 heteroatoms. The van der Waals surface area contributed by atoms with Crippen molar-refractivity contribution in [1.29, 1.82) is 0 Å². The molecule has 2 N–H and O–H groups in total. The zero-order valence-corrected chi connectivity index (χ0v) is 4.84. The topological polar surface area (TPSA) is 73.4 Å². The average molecular weight is 119 g/mol. The van der Waals surface area contributed by atoms with Gasteiger partial charge < -0.3 is 16.0 Å². The normalized spacial score (nSPS) is 11.2. The fourth-order valence-corrected chi connectivity index (χ4v) is 0.261. The van der Waals surface area contributed by atoms with E-state index in [-0.39, 0.29) is 11.3 Å². The molecule has 0 aromatic rings. The average Bonchev–Trinajstić information content (AvgIpc) is 1.65. The van der Waals surface area contributed by atoms with Crippen LogP contribution in [0.25, 0.3) is 0 Å². The van der Waals surface area contributed by atoms with Gasteiger partial charge in [-0.1, -0.05) is 0 Å². The Kier molecular flexibility index (Phi) is 3.67. The third-order valence-electron chi connectivity index (χ3n) is 0.458. The third-order valence-corrected chi connectivity index (χ3v) is 0.458. The molecule has 0 atom stereocenters. The Morgan fingerprint density at radius 3 is 2.12 bits per heavy atom. The molecule has 0 bridgehead atoms. The van der Waals surface area contributed by atoms with Crippen molar-refractivity contribution in [2.24, 2.45) is 0 Å². The van der Waals surface area contributed by atoms with E-state index in [1.54, 1.807) is 13.8 Å². The van der Waals surface area contributed by atoms with E-state index in [2.05, 4.69) is 5.43 Å². The van der Waals surface area contributed by atoms with Crippen molar-refractivity contribution in [2.45, 2.75) is 19.9 Å². The quantitative estimate of drug-likeness (QED) is 0.499. The molecule has 0 spiro atoms. The van der Waals surface area contributed by atoms with Gasteiger partial charge in [0.15, 0.2) is 0 Å². The van der Waals surface area contributed by atoms with Crippen LogP contribution in [0, 0.1) is 10.4 Å². The van der Waals surface area contributed by atoms with Gasteiger partial charge in [-0.25, -0.2) is 0 Å². The van der Waals surface area contributed by atoms with Crippen molar-refractivity contribution in [2.75, 3.05) is 0 Å². The van der Waals surface area contributed by atoms with Crippen LogP contribution in [0.3, 0.4) is 0 Å². The van der Waals surface area contributed by atoms with Gasteiger partial charge in [0.2, 0.25) is 0 Å². The Labute approximate surface area is 47.8 Å². The molecule has 0 fully saturated rings. The van der Waals surface area contributed by atoms with Crippen LogP contribution in [0.5, 0.6) is 0 Å². The molecule has 0 aromatic heterocycles. The Balaban J connectivity index is 3.10. The van der Waals surface area contributed by atoms with E-state index in [4.69, 9.17) is 0 Å². The molecule has 0 aliphatic carbocycles. The SMILES string of the molecule is CC(C)NN([O-])N[O-]. The molecule has 0 radical (unpaired) electrons. The molecule has 0 aliphatic heterocycles. The third kappa shape index (κ3) is 3.97. The maximum absolute atomic E-state index is 10.0. The summed E-state index contributed by atoms with van der Waals surface area (Å²) in [5.74, 6) is 0. The second kappa shape index (κ2) is 3.76. The van der Waals surface area contributed by atoms with Crippen LogP contribution in [0.1, 0.15) is 13.8 Å². The number of nitrogens with zero attached hydrogens (tertiary/aromatic N) is 1. The molecule has 0 saturated carbocycles. The number of hydrazine groups is 2. The number of rotatable bonds is 3. The second-order valence-electron chi connectivity index (χ2n) is 1.67. The molecular formula is C3H9N3O2-2. The molecule has 0 unspecified atom stereocenters. The van der Waals surface area contributed by atoms with Gasteiger partial charge in [0.1, 0.15) is 0 Å². The van der Waals surface area contributed by atoms with Crippen LogP contribution in [0.2, 0.25) is 0 Å². The van der Waals surface area contributed by atoms with Crippen LogP contribution < -0.4 is 11.0 Å². The first-order valence-corrected chi connectivity index (χ1v) is 2.28. The van der Waals surface area contributed by atoms with Crippen molar-refractivity contribution in [3.05, 3.63) is 10.4 Å². The summed E-state index contributed by atoms with van der Waals surface area (Å²) in [4.78, 5) is 0. The fraction of sp³-hybridized carbons (Fsp3) is 1.00. The largest absolute Gasteiger partial charge is 0.774 e. The van der Waals surface area contributed by atoms with E-state index < -0.39 is 0 Å². The molecule has 0 saturated heterocycles. The maximum atomic E-state index is 10.0. The lowest BCUT2D eigenvalue weighted by Gasteiger charge is -2.34. The van der Waals surface area contributed by atoms with Gasteiger partial charge in [0, 0.05) is 6.04 Å². The van der Waals surface area contributed by atoms with E-state index in [1.165, 1.54) is 0 Å². The highest BCUT2D eigenvalue weighted by atomic mass is 16.7. The molecule has 0 rings (SSSR count). The molecule has 8 heavy (non-hydrogen) atoms. The molecular weight excluding hydrogens is 110 g/mol. The maximum Gasteiger partial charge on any atom is 0.0161 e. The molecule has 0 aromatic carbocycles. The monoisotopic (exact) mass is 119 g/mol. The van der Waals surface area contributed by atoms with E-state index in [1.807, 2.05) is 0 Å². The lowest BCUT2D eigenvalue weighted by Crippen LogP contribution is -2.44. The summed E-state index contributed by atoms with van der Waals surface area (Å²) >= 11 is 0. The van der Waals surface area contributed by atoms with E-state index >= 15 is 0 Å².